The second kappa shape index (κ2) is 8.74. The van der Waals surface area contributed by atoms with Crippen LogP contribution >= 0.6 is 0 Å². The van der Waals surface area contributed by atoms with Gasteiger partial charge in [-0.2, -0.15) is 0 Å². The minimum Gasteiger partial charge on any atom is -0.508 e. The Labute approximate surface area is 190 Å². The lowest BCUT2D eigenvalue weighted by Crippen LogP contribution is -2.39. The van der Waals surface area contributed by atoms with E-state index in [1.165, 1.54) is 6.07 Å². The van der Waals surface area contributed by atoms with Crippen molar-refractivity contribution in [3.63, 3.8) is 0 Å². The average molecular weight is 476 g/mol. The number of ether oxygens (including phenoxy) is 3. The van der Waals surface area contributed by atoms with E-state index in [0.717, 1.165) is 31.2 Å². The predicted molar refractivity (Wildman–Crippen MR) is 113 cm³/mol. The van der Waals surface area contributed by atoms with E-state index in [4.69, 9.17) is 18.6 Å². The number of carbonyl (C=O) groups is 1. The molecule has 0 unspecified atom stereocenters. The van der Waals surface area contributed by atoms with Gasteiger partial charge in [0.1, 0.15) is 28.6 Å². The van der Waals surface area contributed by atoms with E-state index in [9.17, 15) is 40.2 Å². The van der Waals surface area contributed by atoms with Gasteiger partial charge < -0.3 is 49.3 Å². The normalized spacial score (nSPS) is 22.1. The zero-order chi connectivity index (χ0) is 24.7. The Balaban J connectivity index is 1.87. The van der Waals surface area contributed by atoms with E-state index in [1.54, 1.807) is 0 Å². The van der Waals surface area contributed by atoms with Crippen LogP contribution in [0.4, 0.5) is 0 Å². The zero-order valence-electron chi connectivity index (χ0n) is 17.5. The lowest BCUT2D eigenvalue weighted by molar-refractivity contribution is -0.153. The largest absolute Gasteiger partial charge is 0.508 e. The maximum Gasteiger partial charge on any atom is 0.303 e. The van der Waals surface area contributed by atoms with Gasteiger partial charge in [0.2, 0.25) is 17.5 Å². The molecule has 34 heavy (non-hydrogen) atoms. The molecule has 0 radical (unpaired) electrons. The fraction of sp³-hybridized carbons (Fsp3) is 0.273. The van der Waals surface area contributed by atoms with Crippen LogP contribution in [0.25, 0.3) is 22.3 Å². The third-order valence-electron chi connectivity index (χ3n) is 5.16. The highest BCUT2D eigenvalue weighted by atomic mass is 16.7. The molecule has 3 aromatic rings. The first kappa shape index (κ1) is 23.2. The monoisotopic (exact) mass is 476 g/mol. The highest BCUT2D eigenvalue weighted by Crippen LogP contribution is 2.39. The van der Waals surface area contributed by atoms with E-state index >= 15 is 0 Å². The SMILES string of the molecule is CC(=O)O[C@H]1[C@@H](O)[C@H](Oc2c(-c3ccc(O)c(O)c3)oc3cc(O)cc(O)c3c2=O)O[C@H]1CO. The molecule has 1 saturated heterocycles. The molecule has 0 amide bonds. The van der Waals surface area contributed by atoms with Gasteiger partial charge in [-0.1, -0.05) is 0 Å². The number of esters is 1. The van der Waals surface area contributed by atoms with Crippen LogP contribution in [0.1, 0.15) is 6.92 Å². The minimum absolute atomic E-state index is 0.0508. The molecule has 0 bridgehead atoms. The third kappa shape index (κ3) is 4.05. The van der Waals surface area contributed by atoms with Gasteiger partial charge in [0, 0.05) is 24.6 Å². The first-order valence-electron chi connectivity index (χ1n) is 9.94. The van der Waals surface area contributed by atoms with Crippen LogP contribution in [0, 0.1) is 0 Å². The van der Waals surface area contributed by atoms with Crippen LogP contribution in [-0.4, -0.2) is 67.8 Å². The third-order valence-corrected chi connectivity index (χ3v) is 5.16. The highest BCUT2D eigenvalue weighted by molar-refractivity contribution is 5.88. The van der Waals surface area contributed by atoms with Gasteiger partial charge in [-0.25, -0.2) is 0 Å². The molecule has 0 spiro atoms. The Kier molecular flexibility index (Phi) is 5.96. The molecular formula is C22H20O12. The van der Waals surface area contributed by atoms with Crippen molar-refractivity contribution in [1.82, 2.24) is 0 Å². The molecule has 4 rings (SSSR count). The van der Waals surface area contributed by atoms with Gasteiger partial charge in [0.15, 0.2) is 29.5 Å². The molecule has 1 aromatic heterocycles. The van der Waals surface area contributed by atoms with Crippen molar-refractivity contribution in [3.05, 3.63) is 40.6 Å². The molecule has 1 aliphatic heterocycles. The second-order valence-corrected chi connectivity index (χ2v) is 7.54. The number of phenolic OH excluding ortho intramolecular Hbond substituents is 4. The molecule has 180 valence electrons. The average Bonchev–Trinajstić information content (AvgIpc) is 3.05. The summed E-state index contributed by atoms with van der Waals surface area (Å²) in [7, 11) is 0. The van der Waals surface area contributed by atoms with Crippen LogP contribution < -0.4 is 10.2 Å². The standard InChI is InChI=1S/C22H20O12/c1-8(24)31-20-15(7-23)33-22(18(20)30)34-21-17(29)16-13(28)5-10(25)6-14(16)32-19(21)9-2-3-11(26)12(27)4-9/h2-6,15,18,20,22-23,25-28,30H,7H2,1H3/t15-,18+,20+,22-/m0/s1. The van der Waals surface area contributed by atoms with Crippen molar-refractivity contribution in [3.8, 4) is 40.1 Å². The fourth-order valence-electron chi connectivity index (χ4n) is 3.63. The first-order chi connectivity index (χ1) is 16.1. The van der Waals surface area contributed by atoms with E-state index in [-0.39, 0.29) is 22.3 Å². The van der Waals surface area contributed by atoms with Crippen LogP contribution in [0.3, 0.4) is 0 Å². The lowest BCUT2D eigenvalue weighted by atomic mass is 10.1. The first-order valence-corrected chi connectivity index (χ1v) is 9.94. The van der Waals surface area contributed by atoms with Gasteiger partial charge in [-0.05, 0) is 18.2 Å². The summed E-state index contributed by atoms with van der Waals surface area (Å²) < 4.78 is 21.7. The van der Waals surface area contributed by atoms with Gasteiger partial charge in [-0.15, -0.1) is 0 Å². The van der Waals surface area contributed by atoms with Crippen LogP contribution in [0.5, 0.6) is 28.7 Å². The molecule has 0 saturated carbocycles. The molecule has 4 atom stereocenters. The summed E-state index contributed by atoms with van der Waals surface area (Å²) in [5.74, 6) is -3.63. The Morgan fingerprint density at radius 3 is 2.44 bits per heavy atom. The number of aliphatic hydroxyl groups excluding tert-OH is 2. The van der Waals surface area contributed by atoms with Crippen molar-refractivity contribution in [2.24, 2.45) is 0 Å². The maximum absolute atomic E-state index is 13.3. The number of aromatic hydroxyl groups is 4. The Bertz CT molecular complexity index is 1310. The number of phenols is 4. The second-order valence-electron chi connectivity index (χ2n) is 7.54. The van der Waals surface area contributed by atoms with Crippen molar-refractivity contribution in [2.75, 3.05) is 6.61 Å². The molecule has 6 N–H and O–H groups in total. The molecule has 2 aromatic carbocycles. The van der Waals surface area contributed by atoms with Crippen molar-refractivity contribution in [2.45, 2.75) is 31.5 Å². The number of benzene rings is 2. The van der Waals surface area contributed by atoms with Crippen molar-refractivity contribution >= 4 is 16.9 Å². The number of rotatable bonds is 5. The van der Waals surface area contributed by atoms with E-state index in [2.05, 4.69) is 0 Å². The Morgan fingerprint density at radius 1 is 1.06 bits per heavy atom. The van der Waals surface area contributed by atoms with Crippen LogP contribution in [-0.2, 0) is 14.3 Å². The summed E-state index contributed by atoms with van der Waals surface area (Å²) in [4.78, 5) is 24.7. The topological polar surface area (TPSA) is 196 Å². The smallest absolute Gasteiger partial charge is 0.303 e. The molecule has 1 aliphatic rings. The van der Waals surface area contributed by atoms with Crippen molar-refractivity contribution < 1.29 is 54.1 Å². The van der Waals surface area contributed by atoms with Crippen molar-refractivity contribution in [1.29, 1.82) is 0 Å². The molecule has 12 nitrogen and oxygen atoms in total. The van der Waals surface area contributed by atoms with Gasteiger partial charge in [-0.3, -0.25) is 9.59 Å². The Morgan fingerprint density at radius 2 is 1.79 bits per heavy atom. The maximum atomic E-state index is 13.3. The minimum atomic E-state index is -1.62. The molecular weight excluding hydrogens is 456 g/mol. The lowest BCUT2D eigenvalue weighted by Gasteiger charge is -2.20. The Hall–Kier alpha value is -4.00. The summed E-state index contributed by atoms with van der Waals surface area (Å²) >= 11 is 0. The number of hydrogen-bond acceptors (Lipinski definition) is 12. The number of fused-ring (bicyclic) bond motifs is 1. The van der Waals surface area contributed by atoms with E-state index in [0.29, 0.717) is 0 Å². The summed E-state index contributed by atoms with van der Waals surface area (Å²) in [6.07, 6.45) is -5.69. The number of carbonyl (C=O) groups excluding carboxylic acids is 1. The summed E-state index contributed by atoms with van der Waals surface area (Å²) in [5.41, 5.74) is -1.10. The number of hydrogen-bond donors (Lipinski definition) is 6. The quantitative estimate of drug-likeness (QED) is 0.223. The van der Waals surface area contributed by atoms with Crippen LogP contribution in [0.2, 0.25) is 0 Å². The van der Waals surface area contributed by atoms with Crippen LogP contribution in [0.15, 0.2) is 39.5 Å². The van der Waals surface area contributed by atoms with E-state index in [1.807, 2.05) is 0 Å². The number of aliphatic hydroxyl groups is 2. The summed E-state index contributed by atoms with van der Waals surface area (Å²) in [6.45, 7) is 0.459. The zero-order valence-corrected chi connectivity index (χ0v) is 17.5. The molecule has 12 heteroatoms. The van der Waals surface area contributed by atoms with E-state index < -0.39 is 71.4 Å². The molecule has 0 aliphatic carbocycles. The summed E-state index contributed by atoms with van der Waals surface area (Å²) in [6, 6.07) is 5.47. The molecule has 2 heterocycles. The molecule has 1 fully saturated rings. The van der Waals surface area contributed by atoms with Gasteiger partial charge in [0.25, 0.3) is 0 Å². The summed E-state index contributed by atoms with van der Waals surface area (Å²) in [5, 5.41) is 59.3. The fourth-order valence-corrected chi connectivity index (χ4v) is 3.63. The highest BCUT2D eigenvalue weighted by Gasteiger charge is 2.48. The van der Waals surface area contributed by atoms with Gasteiger partial charge in [0.05, 0.1) is 6.61 Å². The predicted octanol–water partition coefficient (Wildman–Crippen LogP) is 0.671. The van der Waals surface area contributed by atoms with Gasteiger partial charge >= 0.3 is 5.97 Å².